The molecule has 2 rings (SSSR count). The third kappa shape index (κ3) is 4.84. The Labute approximate surface area is 125 Å². The van der Waals surface area contributed by atoms with E-state index < -0.39 is 0 Å². The van der Waals surface area contributed by atoms with Crippen LogP contribution in [0.2, 0.25) is 0 Å². The number of rotatable bonds is 6. The first kappa shape index (κ1) is 15.4. The third-order valence-electron chi connectivity index (χ3n) is 3.67. The molecule has 1 fully saturated rings. The van der Waals surface area contributed by atoms with Gasteiger partial charge in [-0.1, -0.05) is 24.6 Å². The van der Waals surface area contributed by atoms with Crippen LogP contribution >= 0.6 is 11.8 Å². The van der Waals surface area contributed by atoms with Gasteiger partial charge in [-0.15, -0.1) is 0 Å². The average molecular weight is 292 g/mol. The summed E-state index contributed by atoms with van der Waals surface area (Å²) >= 11 is 2.04. The number of benzene rings is 1. The molecule has 2 unspecified atom stereocenters. The van der Waals surface area contributed by atoms with Crippen LogP contribution in [0.15, 0.2) is 24.3 Å². The summed E-state index contributed by atoms with van der Waals surface area (Å²) in [6, 6.07) is 8.40. The lowest BCUT2D eigenvalue weighted by atomic mass is 10.2. The number of hydrogen-bond acceptors (Lipinski definition) is 3. The highest BCUT2D eigenvalue weighted by Gasteiger charge is 2.24. The smallest absolute Gasteiger partial charge is 0.238 e. The van der Waals surface area contributed by atoms with E-state index in [4.69, 9.17) is 0 Å². The molecule has 1 saturated carbocycles. The van der Waals surface area contributed by atoms with Crippen molar-refractivity contribution < 1.29 is 4.79 Å². The highest BCUT2D eigenvalue weighted by molar-refractivity contribution is 7.99. The van der Waals surface area contributed by atoms with Crippen LogP contribution in [0.4, 0.5) is 5.69 Å². The van der Waals surface area contributed by atoms with Crippen LogP contribution in [0.3, 0.4) is 0 Å². The molecule has 1 amide bonds. The minimum atomic E-state index is 0.0421. The molecular formula is C16H24N2OS. The molecule has 110 valence electrons. The van der Waals surface area contributed by atoms with E-state index in [1.54, 1.807) is 0 Å². The predicted molar refractivity (Wildman–Crippen MR) is 87.4 cm³/mol. The second-order valence-electron chi connectivity index (χ2n) is 5.38. The van der Waals surface area contributed by atoms with E-state index in [2.05, 4.69) is 17.6 Å². The molecule has 20 heavy (non-hydrogen) atoms. The lowest BCUT2D eigenvalue weighted by Crippen LogP contribution is -2.34. The van der Waals surface area contributed by atoms with Gasteiger partial charge in [0.2, 0.25) is 5.91 Å². The molecule has 4 heteroatoms. The molecule has 1 aromatic rings. The number of carbonyl (C=O) groups excluding carboxylic acids is 1. The molecule has 0 bridgehead atoms. The number of hydrogen-bond donors (Lipinski definition) is 2. The molecule has 0 aliphatic heterocycles. The number of anilines is 1. The number of amides is 1. The maximum absolute atomic E-state index is 11.9. The van der Waals surface area contributed by atoms with Gasteiger partial charge in [0.25, 0.3) is 0 Å². The van der Waals surface area contributed by atoms with Gasteiger partial charge in [0.15, 0.2) is 0 Å². The van der Waals surface area contributed by atoms with Crippen molar-refractivity contribution in [3.8, 4) is 0 Å². The first-order valence-corrected chi connectivity index (χ1v) is 8.43. The van der Waals surface area contributed by atoms with Gasteiger partial charge in [-0.05, 0) is 44.1 Å². The van der Waals surface area contributed by atoms with E-state index in [-0.39, 0.29) is 5.91 Å². The van der Waals surface area contributed by atoms with Crippen LogP contribution in [-0.4, -0.2) is 29.5 Å². The number of nitrogens with one attached hydrogen (secondary N) is 2. The minimum absolute atomic E-state index is 0.0421. The number of carbonyl (C=O) groups is 1. The molecule has 3 nitrogen and oxygen atoms in total. The highest BCUT2D eigenvalue weighted by atomic mass is 32.2. The Balaban J connectivity index is 1.69. The van der Waals surface area contributed by atoms with Crippen molar-refractivity contribution in [2.75, 3.05) is 17.6 Å². The van der Waals surface area contributed by atoms with Crippen LogP contribution in [0.1, 0.15) is 31.7 Å². The van der Waals surface area contributed by atoms with E-state index >= 15 is 0 Å². The number of aryl methyl sites for hydroxylation is 1. The molecular weight excluding hydrogens is 268 g/mol. The second-order valence-corrected chi connectivity index (χ2v) is 6.96. The standard InChI is InChI=1S/C16H24N2OS/c1-3-20-15-9-8-14(10-15)17-11-16(19)18-13-6-4-12(2)5-7-13/h4-7,14-15,17H,3,8-11H2,1-2H3,(H,18,19). The topological polar surface area (TPSA) is 41.1 Å². The summed E-state index contributed by atoms with van der Waals surface area (Å²) in [6.07, 6.45) is 3.65. The molecule has 1 aromatic carbocycles. The fraction of sp³-hybridized carbons (Fsp3) is 0.562. The Morgan fingerprint density at radius 2 is 2.05 bits per heavy atom. The Morgan fingerprint density at radius 1 is 1.30 bits per heavy atom. The van der Waals surface area contributed by atoms with E-state index in [9.17, 15) is 4.79 Å². The van der Waals surface area contributed by atoms with Crippen molar-refractivity contribution >= 4 is 23.4 Å². The Morgan fingerprint density at radius 3 is 2.75 bits per heavy atom. The second kappa shape index (κ2) is 7.70. The molecule has 0 aromatic heterocycles. The Hall–Kier alpha value is -1.00. The zero-order chi connectivity index (χ0) is 14.4. The quantitative estimate of drug-likeness (QED) is 0.846. The molecule has 0 heterocycles. The monoisotopic (exact) mass is 292 g/mol. The van der Waals surface area contributed by atoms with Crippen molar-refractivity contribution in [3.05, 3.63) is 29.8 Å². The lowest BCUT2D eigenvalue weighted by molar-refractivity contribution is -0.115. The molecule has 1 aliphatic carbocycles. The summed E-state index contributed by atoms with van der Waals surface area (Å²) in [5, 5.41) is 7.07. The summed E-state index contributed by atoms with van der Waals surface area (Å²) in [4.78, 5) is 11.9. The molecule has 0 radical (unpaired) electrons. The van der Waals surface area contributed by atoms with Crippen molar-refractivity contribution in [2.45, 2.75) is 44.4 Å². The molecule has 2 N–H and O–H groups in total. The Kier molecular flexibility index (Phi) is 5.92. The van der Waals surface area contributed by atoms with Crippen molar-refractivity contribution in [1.82, 2.24) is 5.32 Å². The maximum Gasteiger partial charge on any atom is 0.238 e. The molecule has 2 atom stereocenters. The van der Waals surface area contributed by atoms with Crippen LogP contribution in [-0.2, 0) is 4.79 Å². The van der Waals surface area contributed by atoms with E-state index in [1.165, 1.54) is 30.6 Å². The van der Waals surface area contributed by atoms with E-state index in [0.717, 1.165) is 10.9 Å². The van der Waals surface area contributed by atoms with Crippen LogP contribution in [0.25, 0.3) is 0 Å². The van der Waals surface area contributed by atoms with Gasteiger partial charge in [0, 0.05) is 17.0 Å². The molecule has 1 aliphatic rings. The largest absolute Gasteiger partial charge is 0.325 e. The summed E-state index contributed by atoms with van der Waals surface area (Å²) in [5.74, 6) is 1.23. The van der Waals surface area contributed by atoms with E-state index in [0.29, 0.717) is 12.6 Å². The summed E-state index contributed by atoms with van der Waals surface area (Å²) in [7, 11) is 0. The Bertz CT molecular complexity index is 433. The van der Waals surface area contributed by atoms with Crippen LogP contribution in [0.5, 0.6) is 0 Å². The fourth-order valence-electron chi connectivity index (χ4n) is 2.59. The number of thioether (sulfide) groups is 1. The zero-order valence-corrected chi connectivity index (χ0v) is 13.1. The van der Waals surface area contributed by atoms with Crippen molar-refractivity contribution in [2.24, 2.45) is 0 Å². The van der Waals surface area contributed by atoms with Crippen LogP contribution < -0.4 is 10.6 Å². The summed E-state index contributed by atoms with van der Waals surface area (Å²) in [5.41, 5.74) is 2.07. The van der Waals surface area contributed by atoms with Gasteiger partial charge in [0.05, 0.1) is 6.54 Å². The molecule has 0 saturated heterocycles. The summed E-state index contributed by atoms with van der Waals surface area (Å²) < 4.78 is 0. The maximum atomic E-state index is 11.9. The first-order chi connectivity index (χ1) is 9.67. The van der Waals surface area contributed by atoms with Gasteiger partial charge in [0.1, 0.15) is 0 Å². The van der Waals surface area contributed by atoms with Crippen molar-refractivity contribution in [1.29, 1.82) is 0 Å². The fourth-order valence-corrected chi connectivity index (χ4v) is 3.73. The van der Waals surface area contributed by atoms with Gasteiger partial charge in [-0.25, -0.2) is 0 Å². The normalized spacial score (nSPS) is 21.9. The lowest BCUT2D eigenvalue weighted by Gasteiger charge is -2.13. The zero-order valence-electron chi connectivity index (χ0n) is 12.3. The molecule has 0 spiro atoms. The predicted octanol–water partition coefficient (Wildman–Crippen LogP) is 3.20. The SMILES string of the molecule is CCSC1CCC(NCC(=O)Nc2ccc(C)cc2)C1. The van der Waals surface area contributed by atoms with Crippen molar-refractivity contribution in [3.63, 3.8) is 0 Å². The van der Waals surface area contributed by atoms with Crippen LogP contribution in [0, 0.1) is 6.92 Å². The van der Waals surface area contributed by atoms with Gasteiger partial charge in [-0.3, -0.25) is 4.79 Å². The highest BCUT2D eigenvalue weighted by Crippen LogP contribution is 2.29. The van der Waals surface area contributed by atoms with Gasteiger partial charge in [-0.2, -0.15) is 11.8 Å². The van der Waals surface area contributed by atoms with Gasteiger partial charge >= 0.3 is 0 Å². The van der Waals surface area contributed by atoms with Gasteiger partial charge < -0.3 is 10.6 Å². The summed E-state index contributed by atoms with van der Waals surface area (Å²) in [6.45, 7) is 4.65. The third-order valence-corrected chi connectivity index (χ3v) is 4.91. The first-order valence-electron chi connectivity index (χ1n) is 7.39. The average Bonchev–Trinajstić information content (AvgIpc) is 2.87. The van der Waals surface area contributed by atoms with E-state index in [1.807, 2.05) is 43.0 Å². The minimum Gasteiger partial charge on any atom is -0.325 e.